The Balaban J connectivity index is 1.96. The van der Waals surface area contributed by atoms with E-state index in [2.05, 4.69) is 49.3 Å². The molecule has 1 saturated heterocycles. The normalized spacial score (nSPS) is 20.9. The van der Waals surface area contributed by atoms with Crippen molar-refractivity contribution in [2.75, 3.05) is 26.7 Å². The van der Waals surface area contributed by atoms with Gasteiger partial charge in [0.05, 0.1) is 12.6 Å². The molecule has 2 heterocycles. The Hall–Kier alpha value is -1.06. The zero-order valence-corrected chi connectivity index (χ0v) is 13.6. The summed E-state index contributed by atoms with van der Waals surface area (Å²) in [7, 11) is 2.07. The van der Waals surface area contributed by atoms with Gasteiger partial charge in [0.1, 0.15) is 5.75 Å². The second-order valence-corrected chi connectivity index (χ2v) is 6.86. The molecule has 0 aromatic heterocycles. The molecular formula is C18H28N2O. The van der Waals surface area contributed by atoms with Crippen molar-refractivity contribution >= 4 is 0 Å². The fourth-order valence-corrected chi connectivity index (χ4v) is 4.01. The molecule has 0 bridgehead atoms. The van der Waals surface area contributed by atoms with Crippen LogP contribution in [0.4, 0.5) is 0 Å². The van der Waals surface area contributed by atoms with E-state index in [1.165, 1.54) is 37.1 Å². The van der Waals surface area contributed by atoms with Gasteiger partial charge in [-0.15, -0.1) is 0 Å². The van der Waals surface area contributed by atoms with E-state index in [0.717, 1.165) is 25.2 Å². The third-order valence-electron chi connectivity index (χ3n) is 5.19. The molecule has 1 aromatic rings. The molecule has 1 atom stereocenters. The van der Waals surface area contributed by atoms with Gasteiger partial charge in [-0.3, -0.25) is 4.90 Å². The van der Waals surface area contributed by atoms with Gasteiger partial charge in [0.2, 0.25) is 0 Å². The monoisotopic (exact) mass is 288 g/mol. The number of fused-ring (bicyclic) bond motifs is 1. The average molecular weight is 288 g/mol. The molecule has 1 aromatic carbocycles. The summed E-state index contributed by atoms with van der Waals surface area (Å²) in [5.41, 5.74) is 2.80. The Morgan fingerprint density at radius 3 is 2.67 bits per heavy atom. The number of ether oxygens (including phenoxy) is 1. The van der Waals surface area contributed by atoms with Gasteiger partial charge in [-0.25, -0.2) is 0 Å². The molecule has 0 spiro atoms. The fraction of sp³-hybridized carbons (Fsp3) is 0.667. The minimum atomic E-state index is 0.0984. The van der Waals surface area contributed by atoms with Crippen molar-refractivity contribution in [1.29, 1.82) is 0 Å². The van der Waals surface area contributed by atoms with Crippen LogP contribution in [0, 0.1) is 0 Å². The summed E-state index contributed by atoms with van der Waals surface area (Å²) >= 11 is 0. The molecule has 3 heteroatoms. The van der Waals surface area contributed by atoms with E-state index in [4.69, 9.17) is 4.74 Å². The number of para-hydroxylation sites is 1. The molecule has 2 aliphatic rings. The number of rotatable bonds is 4. The Morgan fingerprint density at radius 1 is 1.19 bits per heavy atom. The molecule has 116 valence electrons. The van der Waals surface area contributed by atoms with Crippen LogP contribution >= 0.6 is 0 Å². The summed E-state index contributed by atoms with van der Waals surface area (Å²) in [5, 5.41) is 3.56. The molecule has 21 heavy (non-hydrogen) atoms. The van der Waals surface area contributed by atoms with Crippen molar-refractivity contribution in [2.24, 2.45) is 0 Å². The lowest BCUT2D eigenvalue weighted by molar-refractivity contribution is 0.108. The fourth-order valence-electron chi connectivity index (χ4n) is 4.01. The zero-order chi connectivity index (χ0) is 14.9. The molecule has 0 aliphatic carbocycles. The van der Waals surface area contributed by atoms with Gasteiger partial charge < -0.3 is 10.1 Å². The van der Waals surface area contributed by atoms with Crippen LogP contribution < -0.4 is 10.1 Å². The summed E-state index contributed by atoms with van der Waals surface area (Å²) in [6.45, 7) is 8.00. The predicted molar refractivity (Wildman–Crippen MR) is 86.9 cm³/mol. The van der Waals surface area contributed by atoms with E-state index in [1.807, 2.05) is 0 Å². The van der Waals surface area contributed by atoms with Crippen LogP contribution in [0.1, 0.15) is 50.3 Å². The third kappa shape index (κ3) is 2.69. The lowest BCUT2D eigenvalue weighted by Crippen LogP contribution is -2.51. The first kappa shape index (κ1) is 14.9. The van der Waals surface area contributed by atoms with Gasteiger partial charge in [-0.1, -0.05) is 18.2 Å². The van der Waals surface area contributed by atoms with E-state index in [1.54, 1.807) is 0 Å². The molecule has 3 nitrogen and oxygen atoms in total. The van der Waals surface area contributed by atoms with Crippen LogP contribution in [0.25, 0.3) is 0 Å². The second-order valence-electron chi connectivity index (χ2n) is 6.86. The smallest absolute Gasteiger partial charge is 0.127 e. The maximum absolute atomic E-state index is 6.04. The number of likely N-dealkylation sites (N-methyl/N-ethyl adjacent to an activating group) is 1. The summed E-state index contributed by atoms with van der Waals surface area (Å²) in [6, 6.07) is 6.94. The minimum absolute atomic E-state index is 0.0984. The van der Waals surface area contributed by atoms with Crippen LogP contribution in [-0.2, 0) is 6.42 Å². The Bertz CT molecular complexity index is 492. The number of aryl methyl sites for hydroxylation is 1. The molecular weight excluding hydrogens is 260 g/mol. The molecule has 1 N–H and O–H groups in total. The molecule has 0 radical (unpaired) electrons. The minimum Gasteiger partial charge on any atom is -0.493 e. The molecule has 0 amide bonds. The first-order chi connectivity index (χ1) is 10.1. The molecule has 3 rings (SSSR count). The molecule has 1 fully saturated rings. The predicted octanol–water partition coefficient (Wildman–Crippen LogP) is 3.15. The molecule has 1 unspecified atom stereocenters. The van der Waals surface area contributed by atoms with Crippen molar-refractivity contribution in [3.63, 3.8) is 0 Å². The quantitative estimate of drug-likeness (QED) is 0.921. The van der Waals surface area contributed by atoms with E-state index in [-0.39, 0.29) is 5.54 Å². The maximum Gasteiger partial charge on any atom is 0.127 e. The Labute approximate surface area is 128 Å². The van der Waals surface area contributed by atoms with Crippen LogP contribution in [0.3, 0.4) is 0 Å². The number of benzene rings is 1. The second kappa shape index (κ2) is 5.98. The molecule has 0 saturated carbocycles. The topological polar surface area (TPSA) is 24.5 Å². The van der Waals surface area contributed by atoms with Gasteiger partial charge in [-0.2, -0.15) is 0 Å². The van der Waals surface area contributed by atoms with Crippen LogP contribution in [0.15, 0.2) is 18.2 Å². The highest BCUT2D eigenvalue weighted by Gasteiger charge is 2.38. The highest BCUT2D eigenvalue weighted by atomic mass is 16.5. The third-order valence-corrected chi connectivity index (χ3v) is 5.19. The number of nitrogens with one attached hydrogen (secondary N) is 1. The van der Waals surface area contributed by atoms with Crippen molar-refractivity contribution in [1.82, 2.24) is 10.2 Å². The van der Waals surface area contributed by atoms with Crippen LogP contribution in [-0.4, -0.2) is 37.2 Å². The number of nitrogens with zero attached hydrogens (tertiary/aromatic N) is 1. The van der Waals surface area contributed by atoms with Crippen molar-refractivity contribution in [3.8, 4) is 5.75 Å². The number of hydrogen-bond acceptors (Lipinski definition) is 3. The van der Waals surface area contributed by atoms with Gasteiger partial charge in [0, 0.05) is 11.1 Å². The lowest BCUT2D eigenvalue weighted by Gasteiger charge is -2.43. The van der Waals surface area contributed by atoms with Crippen molar-refractivity contribution < 1.29 is 4.74 Å². The summed E-state index contributed by atoms with van der Waals surface area (Å²) in [4.78, 5) is 2.62. The Morgan fingerprint density at radius 2 is 1.95 bits per heavy atom. The van der Waals surface area contributed by atoms with Crippen LogP contribution in [0.5, 0.6) is 5.75 Å². The van der Waals surface area contributed by atoms with Crippen molar-refractivity contribution in [2.45, 2.75) is 51.1 Å². The van der Waals surface area contributed by atoms with Gasteiger partial charge in [-0.05, 0) is 65.2 Å². The summed E-state index contributed by atoms with van der Waals surface area (Å²) in [5.74, 6) is 1.13. The SMILES string of the molecule is CNC(c1cccc2c1OCCC2)C(C)(C)N1CCCC1. The maximum atomic E-state index is 6.04. The Kier molecular flexibility index (Phi) is 4.23. The standard InChI is InChI=1S/C18H28N2O/c1-18(2,20-11-4-5-12-20)17(19-3)15-10-6-8-14-9-7-13-21-16(14)15/h6,8,10,17,19H,4-5,7,9,11-13H2,1-3H3. The highest BCUT2D eigenvalue weighted by molar-refractivity contribution is 5.45. The average Bonchev–Trinajstić information content (AvgIpc) is 3.03. The van der Waals surface area contributed by atoms with Gasteiger partial charge in [0.15, 0.2) is 0 Å². The zero-order valence-electron chi connectivity index (χ0n) is 13.6. The van der Waals surface area contributed by atoms with E-state index < -0.39 is 0 Å². The lowest BCUT2D eigenvalue weighted by atomic mass is 9.85. The number of likely N-dealkylation sites (tertiary alicyclic amines) is 1. The first-order valence-electron chi connectivity index (χ1n) is 8.31. The van der Waals surface area contributed by atoms with Gasteiger partial charge in [0.25, 0.3) is 0 Å². The summed E-state index contributed by atoms with van der Waals surface area (Å²) in [6.07, 6.45) is 4.92. The van der Waals surface area contributed by atoms with Crippen molar-refractivity contribution in [3.05, 3.63) is 29.3 Å². The van der Waals surface area contributed by atoms with E-state index >= 15 is 0 Å². The largest absolute Gasteiger partial charge is 0.493 e. The summed E-state index contributed by atoms with van der Waals surface area (Å²) < 4.78 is 6.04. The molecule has 2 aliphatic heterocycles. The van der Waals surface area contributed by atoms with E-state index in [0.29, 0.717) is 6.04 Å². The van der Waals surface area contributed by atoms with E-state index in [9.17, 15) is 0 Å². The highest BCUT2D eigenvalue weighted by Crippen LogP contribution is 2.40. The van der Waals surface area contributed by atoms with Crippen LogP contribution in [0.2, 0.25) is 0 Å². The first-order valence-corrected chi connectivity index (χ1v) is 8.31. The number of hydrogen-bond donors (Lipinski definition) is 1. The van der Waals surface area contributed by atoms with Gasteiger partial charge >= 0.3 is 0 Å².